The molecule has 1 saturated heterocycles. The molecule has 0 N–H and O–H groups in total. The SMILES string of the molecule is CO[C@@H]1[C@@H](C)OC(C)(C)N1C(=O)c1ccccc1-c1ccccc1. The lowest BCUT2D eigenvalue weighted by Gasteiger charge is -2.33. The summed E-state index contributed by atoms with van der Waals surface area (Å²) >= 11 is 0. The van der Waals surface area contributed by atoms with E-state index in [1.165, 1.54) is 0 Å². The van der Waals surface area contributed by atoms with Crippen molar-refractivity contribution in [3.63, 3.8) is 0 Å². The van der Waals surface area contributed by atoms with Gasteiger partial charge in [-0.25, -0.2) is 0 Å². The Balaban J connectivity index is 2.05. The molecule has 0 radical (unpaired) electrons. The van der Waals surface area contributed by atoms with E-state index in [4.69, 9.17) is 9.47 Å². The van der Waals surface area contributed by atoms with E-state index in [9.17, 15) is 4.79 Å². The Morgan fingerprint density at radius 1 is 1.08 bits per heavy atom. The molecule has 1 heterocycles. The average Bonchev–Trinajstić information content (AvgIpc) is 2.82. The highest BCUT2D eigenvalue weighted by Crippen LogP contribution is 2.35. The van der Waals surface area contributed by atoms with Gasteiger partial charge in [-0.2, -0.15) is 0 Å². The topological polar surface area (TPSA) is 38.8 Å². The van der Waals surface area contributed by atoms with Crippen LogP contribution in [-0.2, 0) is 9.47 Å². The van der Waals surface area contributed by atoms with Crippen LogP contribution in [0.5, 0.6) is 0 Å². The van der Waals surface area contributed by atoms with Crippen molar-refractivity contribution >= 4 is 5.91 Å². The van der Waals surface area contributed by atoms with Crippen LogP contribution in [0.25, 0.3) is 11.1 Å². The van der Waals surface area contributed by atoms with Gasteiger partial charge in [0.15, 0.2) is 6.23 Å². The van der Waals surface area contributed by atoms with Gasteiger partial charge in [-0.05, 0) is 38.0 Å². The predicted molar refractivity (Wildman–Crippen MR) is 93.5 cm³/mol. The lowest BCUT2D eigenvalue weighted by molar-refractivity contribution is -0.0633. The number of amides is 1. The number of methoxy groups -OCH3 is 1. The third kappa shape index (κ3) is 2.83. The molecule has 0 spiro atoms. The lowest BCUT2D eigenvalue weighted by atomic mass is 9.98. The molecule has 2 atom stereocenters. The van der Waals surface area contributed by atoms with Crippen molar-refractivity contribution in [1.29, 1.82) is 0 Å². The Kier molecular flexibility index (Phi) is 4.43. The molecular formula is C20H23NO3. The van der Waals surface area contributed by atoms with Gasteiger partial charge in [0.2, 0.25) is 0 Å². The van der Waals surface area contributed by atoms with E-state index in [2.05, 4.69) is 0 Å². The molecule has 0 aromatic heterocycles. The maximum absolute atomic E-state index is 13.3. The first kappa shape index (κ1) is 16.7. The van der Waals surface area contributed by atoms with Gasteiger partial charge in [0.1, 0.15) is 11.8 Å². The van der Waals surface area contributed by atoms with E-state index in [1.54, 1.807) is 12.0 Å². The molecule has 1 amide bonds. The smallest absolute Gasteiger partial charge is 0.258 e. The van der Waals surface area contributed by atoms with Crippen LogP contribution >= 0.6 is 0 Å². The fourth-order valence-corrected chi connectivity index (χ4v) is 3.41. The second kappa shape index (κ2) is 6.38. The number of rotatable bonds is 3. The third-order valence-electron chi connectivity index (χ3n) is 4.41. The number of hydrogen-bond donors (Lipinski definition) is 0. The van der Waals surface area contributed by atoms with Crippen LogP contribution < -0.4 is 0 Å². The Labute approximate surface area is 143 Å². The quantitative estimate of drug-likeness (QED) is 0.858. The van der Waals surface area contributed by atoms with Crippen LogP contribution in [0.15, 0.2) is 54.6 Å². The van der Waals surface area contributed by atoms with Crippen LogP contribution in [0.4, 0.5) is 0 Å². The van der Waals surface area contributed by atoms with Crippen molar-refractivity contribution in [1.82, 2.24) is 4.90 Å². The van der Waals surface area contributed by atoms with Crippen molar-refractivity contribution in [2.75, 3.05) is 7.11 Å². The highest BCUT2D eigenvalue weighted by Gasteiger charge is 2.48. The summed E-state index contributed by atoms with van der Waals surface area (Å²) in [5, 5.41) is 0. The molecule has 1 aliphatic heterocycles. The van der Waals surface area contributed by atoms with Gasteiger partial charge in [-0.3, -0.25) is 9.69 Å². The molecule has 3 rings (SSSR count). The van der Waals surface area contributed by atoms with Gasteiger partial charge in [0.05, 0.1) is 0 Å². The molecule has 2 aromatic rings. The van der Waals surface area contributed by atoms with Crippen LogP contribution in [0.3, 0.4) is 0 Å². The Morgan fingerprint density at radius 2 is 1.71 bits per heavy atom. The summed E-state index contributed by atoms with van der Waals surface area (Å²) in [7, 11) is 1.61. The van der Waals surface area contributed by atoms with Gasteiger partial charge in [-0.1, -0.05) is 48.5 Å². The van der Waals surface area contributed by atoms with Gasteiger partial charge in [-0.15, -0.1) is 0 Å². The minimum Gasteiger partial charge on any atom is -0.359 e. The summed E-state index contributed by atoms with van der Waals surface area (Å²) in [6, 6.07) is 17.6. The van der Waals surface area contributed by atoms with Crippen molar-refractivity contribution in [3.05, 3.63) is 60.2 Å². The summed E-state index contributed by atoms with van der Waals surface area (Å²) < 4.78 is 11.5. The molecule has 4 nitrogen and oxygen atoms in total. The Bertz CT molecular complexity index is 727. The van der Waals surface area contributed by atoms with Crippen molar-refractivity contribution < 1.29 is 14.3 Å². The number of benzene rings is 2. The molecule has 0 aliphatic carbocycles. The largest absolute Gasteiger partial charge is 0.359 e. The summed E-state index contributed by atoms with van der Waals surface area (Å²) in [6.45, 7) is 5.71. The van der Waals surface area contributed by atoms with E-state index < -0.39 is 12.0 Å². The molecule has 2 aromatic carbocycles. The number of hydrogen-bond acceptors (Lipinski definition) is 3. The fraction of sp³-hybridized carbons (Fsp3) is 0.350. The Morgan fingerprint density at radius 3 is 2.38 bits per heavy atom. The number of carbonyl (C=O) groups is 1. The maximum atomic E-state index is 13.3. The highest BCUT2D eigenvalue weighted by molar-refractivity contribution is 6.01. The molecule has 126 valence electrons. The van der Waals surface area contributed by atoms with Gasteiger partial charge >= 0.3 is 0 Å². The molecule has 0 saturated carbocycles. The van der Waals surface area contributed by atoms with E-state index in [-0.39, 0.29) is 12.0 Å². The minimum absolute atomic E-state index is 0.0874. The van der Waals surface area contributed by atoms with Crippen molar-refractivity contribution in [2.24, 2.45) is 0 Å². The van der Waals surface area contributed by atoms with E-state index in [0.29, 0.717) is 5.56 Å². The average molecular weight is 325 g/mol. The first-order chi connectivity index (χ1) is 11.5. The fourth-order valence-electron chi connectivity index (χ4n) is 3.41. The molecule has 24 heavy (non-hydrogen) atoms. The minimum atomic E-state index is -0.721. The third-order valence-corrected chi connectivity index (χ3v) is 4.41. The number of ether oxygens (including phenoxy) is 2. The summed E-state index contributed by atoms with van der Waals surface area (Å²) in [5.41, 5.74) is 1.85. The van der Waals surface area contributed by atoms with Crippen LogP contribution in [-0.4, -0.2) is 36.0 Å². The Hall–Kier alpha value is -2.17. The molecule has 1 aliphatic rings. The second-order valence-corrected chi connectivity index (χ2v) is 6.48. The lowest BCUT2D eigenvalue weighted by Crippen LogP contribution is -2.49. The maximum Gasteiger partial charge on any atom is 0.258 e. The number of carbonyl (C=O) groups excluding carboxylic acids is 1. The second-order valence-electron chi connectivity index (χ2n) is 6.48. The summed E-state index contributed by atoms with van der Waals surface area (Å²) in [4.78, 5) is 15.0. The first-order valence-corrected chi connectivity index (χ1v) is 8.14. The molecular weight excluding hydrogens is 302 g/mol. The van der Waals surface area contributed by atoms with Crippen molar-refractivity contribution in [2.45, 2.75) is 38.8 Å². The van der Waals surface area contributed by atoms with E-state index in [0.717, 1.165) is 11.1 Å². The van der Waals surface area contributed by atoms with E-state index in [1.807, 2.05) is 75.4 Å². The zero-order valence-corrected chi connectivity index (χ0v) is 14.5. The normalized spacial score (nSPS) is 22.6. The highest BCUT2D eigenvalue weighted by atomic mass is 16.6. The molecule has 4 heteroatoms. The first-order valence-electron chi connectivity index (χ1n) is 8.14. The van der Waals surface area contributed by atoms with Crippen LogP contribution in [0, 0.1) is 0 Å². The van der Waals surface area contributed by atoms with Crippen LogP contribution in [0.1, 0.15) is 31.1 Å². The van der Waals surface area contributed by atoms with Gasteiger partial charge in [0.25, 0.3) is 5.91 Å². The zero-order valence-electron chi connectivity index (χ0n) is 14.5. The van der Waals surface area contributed by atoms with Crippen molar-refractivity contribution in [3.8, 4) is 11.1 Å². The summed E-state index contributed by atoms with van der Waals surface area (Å²) in [5.74, 6) is -0.0874. The standard InChI is InChI=1S/C20H23NO3/c1-14-19(23-4)21(20(2,3)24-14)18(22)17-13-9-8-12-16(17)15-10-6-5-7-11-15/h5-14,19H,1-4H3/t14-,19-/m1/s1. The van der Waals surface area contributed by atoms with Crippen LogP contribution in [0.2, 0.25) is 0 Å². The number of nitrogens with zero attached hydrogens (tertiary/aromatic N) is 1. The van der Waals surface area contributed by atoms with Gasteiger partial charge in [0, 0.05) is 12.7 Å². The molecule has 0 bridgehead atoms. The molecule has 1 fully saturated rings. The zero-order chi connectivity index (χ0) is 17.3. The predicted octanol–water partition coefficient (Wildman–Crippen LogP) is 3.92. The monoisotopic (exact) mass is 325 g/mol. The van der Waals surface area contributed by atoms with E-state index >= 15 is 0 Å². The molecule has 0 unspecified atom stereocenters. The summed E-state index contributed by atoms with van der Waals surface area (Å²) in [6.07, 6.45) is -0.589. The van der Waals surface area contributed by atoms with Gasteiger partial charge < -0.3 is 9.47 Å².